The van der Waals surface area contributed by atoms with Crippen LogP contribution in [0.5, 0.6) is 11.5 Å². The molecule has 5 aromatic carbocycles. The lowest BCUT2D eigenvalue weighted by molar-refractivity contribution is -0.572. The van der Waals surface area contributed by atoms with E-state index >= 15 is 0 Å². The first-order valence-corrected chi connectivity index (χ1v) is 21.0. The van der Waals surface area contributed by atoms with Crippen molar-refractivity contribution in [3.05, 3.63) is 169 Å². The standard InChI is InChI=1S/C55H55N5O/c1-53(2,3)32-37-25-38(33-54(4,5)6)27-42(26-37)58-36-59(50-18-14-13-17-49(50)58)43-30-45(35-56-34-43)61-44-20-21-46-47-28-40(39-15-11-10-12-16-39)19-22-48(47)60(51(46)31-44)52-29-41(23-24-57-52)55(7,8)9/h10-31,34-35H,32-33H2,1-9H3/i32D2,33D2. The summed E-state index contributed by atoms with van der Waals surface area (Å²) >= 11 is 0. The lowest BCUT2D eigenvalue weighted by atomic mass is 9.84. The number of pyridine rings is 2. The molecule has 306 valence electrons. The Morgan fingerprint density at radius 3 is 2.07 bits per heavy atom. The molecule has 9 rings (SSSR count). The Labute approximate surface area is 365 Å². The van der Waals surface area contributed by atoms with E-state index < -0.39 is 23.6 Å². The second-order valence-corrected chi connectivity index (χ2v) is 19.0. The molecule has 6 nitrogen and oxygen atoms in total. The summed E-state index contributed by atoms with van der Waals surface area (Å²) in [7, 11) is 0. The van der Waals surface area contributed by atoms with Crippen LogP contribution in [0.2, 0.25) is 0 Å². The van der Waals surface area contributed by atoms with Gasteiger partial charge in [-0.3, -0.25) is 18.7 Å². The van der Waals surface area contributed by atoms with Crippen LogP contribution in [0.3, 0.4) is 0 Å². The van der Waals surface area contributed by atoms with Gasteiger partial charge in [0.05, 0.1) is 39.6 Å². The zero-order valence-corrected chi connectivity index (χ0v) is 36.5. The highest BCUT2D eigenvalue weighted by atomic mass is 16.5. The monoisotopic (exact) mass is 805 g/mol. The molecule has 0 aliphatic carbocycles. The third-order valence-electron chi connectivity index (χ3n) is 10.7. The summed E-state index contributed by atoms with van der Waals surface area (Å²) in [5, 5.41) is 2.20. The van der Waals surface area contributed by atoms with Crippen molar-refractivity contribution in [1.29, 1.82) is 0 Å². The lowest BCUT2D eigenvalue weighted by Gasteiger charge is -2.22. The van der Waals surface area contributed by atoms with Gasteiger partial charge in [0.15, 0.2) is 0 Å². The molecular weight excluding hydrogens is 747 g/mol. The molecule has 0 saturated heterocycles. The van der Waals surface area contributed by atoms with Crippen molar-refractivity contribution in [1.82, 2.24) is 19.1 Å². The molecule has 0 atom stereocenters. The summed E-state index contributed by atoms with van der Waals surface area (Å²) in [4.78, 5) is 9.54. The zero-order chi connectivity index (χ0) is 46.3. The largest absolute Gasteiger partial charge is 0.456 e. The average molecular weight is 806 g/mol. The molecule has 4 heterocycles. The number of para-hydroxylation sites is 2. The highest BCUT2D eigenvalue weighted by Gasteiger charge is 2.21. The molecule has 0 spiro atoms. The fraction of sp³-hybridized carbons (Fsp3) is 0.255. The fourth-order valence-corrected chi connectivity index (χ4v) is 8.04. The Morgan fingerprint density at radius 1 is 0.623 bits per heavy atom. The van der Waals surface area contributed by atoms with Crippen LogP contribution in [0.1, 0.15) is 84.5 Å². The van der Waals surface area contributed by atoms with Gasteiger partial charge in [0.2, 0.25) is 0 Å². The summed E-state index contributed by atoms with van der Waals surface area (Å²) in [5.41, 5.74) is 7.68. The first-order chi connectivity index (χ1) is 30.6. The molecule has 61 heavy (non-hydrogen) atoms. The van der Waals surface area contributed by atoms with E-state index in [0.29, 0.717) is 34.0 Å². The smallest absolute Gasteiger partial charge is 0.269 e. The van der Waals surface area contributed by atoms with E-state index in [1.165, 1.54) is 5.56 Å². The van der Waals surface area contributed by atoms with Crippen LogP contribution in [-0.4, -0.2) is 19.1 Å². The molecule has 0 bridgehead atoms. The predicted molar refractivity (Wildman–Crippen MR) is 251 cm³/mol. The predicted octanol–water partition coefficient (Wildman–Crippen LogP) is 13.5. The van der Waals surface area contributed by atoms with E-state index in [4.69, 9.17) is 9.72 Å². The minimum absolute atomic E-state index is 0.0674. The second kappa shape index (κ2) is 15.2. The van der Waals surface area contributed by atoms with E-state index in [0.717, 1.165) is 49.8 Å². The van der Waals surface area contributed by atoms with Gasteiger partial charge in [-0.05, 0) is 100 Å². The Balaban J connectivity index is 1.15. The molecule has 0 fully saturated rings. The average Bonchev–Trinajstić information content (AvgIpc) is 3.81. The van der Waals surface area contributed by atoms with Crippen molar-refractivity contribution in [2.75, 3.05) is 0 Å². The van der Waals surface area contributed by atoms with Gasteiger partial charge >= 0.3 is 0 Å². The minimum Gasteiger partial charge on any atom is -0.456 e. The summed E-state index contributed by atoms with van der Waals surface area (Å²) in [6.07, 6.45) is 5.34. The highest BCUT2D eigenvalue weighted by Crippen LogP contribution is 2.38. The molecule has 0 N–H and O–H groups in total. The number of imidazole rings is 1. The van der Waals surface area contributed by atoms with Gasteiger partial charge in [0.1, 0.15) is 17.3 Å². The minimum atomic E-state index is -1.77. The molecule has 0 amide bonds. The first kappa shape index (κ1) is 35.2. The van der Waals surface area contributed by atoms with Crippen LogP contribution in [0.4, 0.5) is 0 Å². The van der Waals surface area contributed by atoms with Crippen LogP contribution in [-0.2, 0) is 18.2 Å². The number of fused-ring (bicyclic) bond motifs is 4. The maximum atomic E-state index is 9.25. The molecular formula is C55H55N5O. The number of hydrogen-bond acceptors (Lipinski definition) is 3. The van der Waals surface area contributed by atoms with Gasteiger partial charge in [-0.15, -0.1) is 0 Å². The first-order valence-electron chi connectivity index (χ1n) is 23.0. The van der Waals surface area contributed by atoms with Crippen molar-refractivity contribution in [3.63, 3.8) is 0 Å². The van der Waals surface area contributed by atoms with Gasteiger partial charge in [-0.2, -0.15) is 0 Å². The topological polar surface area (TPSA) is 48.8 Å². The molecule has 0 unspecified atom stereocenters. The van der Waals surface area contributed by atoms with E-state index in [1.54, 1.807) is 18.5 Å². The summed E-state index contributed by atoms with van der Waals surface area (Å²) in [6, 6.07) is 42.7. The lowest BCUT2D eigenvalue weighted by Crippen LogP contribution is -2.30. The SMILES string of the molecule is [2H]C([2H])(c1cc(-[n+]2[c-]n(-c3cncc(Oc4ccc5c6cc(-c7ccccc7)ccc6n(-c6cc(C(C)(C)C)ccn6)c5c4)c3)c3ccccc32)cc(C([2H])([2H])C(C)(C)C)c1)C(C)(C)C. The zero-order valence-electron chi connectivity index (χ0n) is 40.5. The maximum absolute atomic E-state index is 9.25. The van der Waals surface area contributed by atoms with Crippen LogP contribution in [0.15, 0.2) is 146 Å². The Hall–Kier alpha value is -6.53. The number of nitrogens with zero attached hydrogens (tertiary/aromatic N) is 5. The number of hydrogen-bond donors (Lipinski definition) is 0. The number of benzene rings is 5. The Morgan fingerprint density at radius 2 is 1.34 bits per heavy atom. The molecule has 0 radical (unpaired) electrons. The normalized spacial score (nSPS) is 13.9. The fourth-order valence-electron chi connectivity index (χ4n) is 8.04. The molecule has 0 aliphatic heterocycles. The van der Waals surface area contributed by atoms with Crippen molar-refractivity contribution in [3.8, 4) is 39.8 Å². The van der Waals surface area contributed by atoms with E-state index in [2.05, 4.69) is 103 Å². The second-order valence-electron chi connectivity index (χ2n) is 19.0. The van der Waals surface area contributed by atoms with Gasteiger partial charge in [-0.1, -0.05) is 140 Å². The van der Waals surface area contributed by atoms with E-state index in [-0.39, 0.29) is 5.41 Å². The Bertz CT molecular complexity index is 3210. The van der Waals surface area contributed by atoms with Crippen LogP contribution in [0, 0.1) is 17.2 Å². The van der Waals surface area contributed by atoms with Crippen LogP contribution in [0.25, 0.3) is 61.2 Å². The third kappa shape index (κ3) is 8.32. The molecule has 9 aromatic rings. The quantitative estimate of drug-likeness (QED) is 0.114. The molecule has 0 aliphatic rings. The summed E-state index contributed by atoms with van der Waals surface area (Å²) < 4.78 is 49.7. The van der Waals surface area contributed by atoms with Gasteiger partial charge in [-0.25, -0.2) is 4.98 Å². The highest BCUT2D eigenvalue weighted by molar-refractivity contribution is 6.10. The van der Waals surface area contributed by atoms with E-state index in [9.17, 15) is 5.48 Å². The van der Waals surface area contributed by atoms with Crippen molar-refractivity contribution in [2.24, 2.45) is 10.8 Å². The van der Waals surface area contributed by atoms with Crippen LogP contribution < -0.4 is 9.30 Å². The summed E-state index contributed by atoms with van der Waals surface area (Å²) in [5.74, 6) is 2.00. The number of aromatic nitrogens is 5. The third-order valence-corrected chi connectivity index (χ3v) is 10.7. The molecule has 6 heteroatoms. The summed E-state index contributed by atoms with van der Waals surface area (Å²) in [6.45, 7) is 17.8. The van der Waals surface area contributed by atoms with Gasteiger partial charge in [0.25, 0.3) is 6.33 Å². The number of ether oxygens (including phenoxy) is 1. The van der Waals surface area contributed by atoms with Crippen LogP contribution >= 0.6 is 0 Å². The van der Waals surface area contributed by atoms with Gasteiger partial charge in [0, 0.05) is 34.7 Å². The van der Waals surface area contributed by atoms with E-state index in [1.807, 2.05) is 111 Å². The maximum Gasteiger partial charge on any atom is 0.269 e. The Kier molecular flexibility index (Phi) is 8.77. The van der Waals surface area contributed by atoms with Crippen molar-refractivity contribution < 1.29 is 14.8 Å². The van der Waals surface area contributed by atoms with Crippen molar-refractivity contribution in [2.45, 2.75) is 80.5 Å². The molecule has 4 aromatic heterocycles. The molecule has 0 saturated carbocycles. The number of rotatable bonds is 8. The van der Waals surface area contributed by atoms with Crippen molar-refractivity contribution >= 4 is 32.8 Å². The van der Waals surface area contributed by atoms with Gasteiger partial charge < -0.3 is 4.74 Å².